The van der Waals surface area contributed by atoms with Crippen LogP contribution in [0, 0.1) is 0 Å². The number of anilines is 1. The highest BCUT2D eigenvalue weighted by molar-refractivity contribution is 7.89. The molecule has 0 fully saturated rings. The van der Waals surface area contributed by atoms with Gasteiger partial charge in [0, 0.05) is 32.9 Å². The molecule has 0 bridgehead atoms. The minimum Gasteiger partial charge on any atom is -0.497 e. The lowest BCUT2D eigenvalue weighted by atomic mass is 10.2. The molecule has 1 amide bonds. The molecule has 0 aliphatic carbocycles. The highest BCUT2D eigenvalue weighted by atomic mass is 32.2. The van der Waals surface area contributed by atoms with E-state index < -0.39 is 10.0 Å². The molecule has 1 N–H and O–H groups in total. The van der Waals surface area contributed by atoms with Crippen LogP contribution in [0.25, 0.3) is 0 Å². The summed E-state index contributed by atoms with van der Waals surface area (Å²) < 4.78 is 31.6. The molecule has 174 valence electrons. The summed E-state index contributed by atoms with van der Waals surface area (Å²) in [6.07, 6.45) is 0. The number of carbonyl (C=O) groups excluding carboxylic acids is 1. The van der Waals surface area contributed by atoms with E-state index in [0.717, 1.165) is 17.0 Å². The summed E-state index contributed by atoms with van der Waals surface area (Å²) in [6.45, 7) is 0.778. The Morgan fingerprint density at radius 2 is 1.55 bits per heavy atom. The first-order chi connectivity index (χ1) is 15.8. The molecular weight excluding hydrogens is 438 g/mol. The zero-order valence-electron chi connectivity index (χ0n) is 19.1. The molecule has 0 spiro atoms. The van der Waals surface area contributed by atoms with Gasteiger partial charge in [0.2, 0.25) is 15.9 Å². The first-order valence-corrected chi connectivity index (χ1v) is 12.0. The third-order valence-corrected chi connectivity index (χ3v) is 7.11. The van der Waals surface area contributed by atoms with E-state index in [1.165, 1.54) is 18.4 Å². The van der Waals surface area contributed by atoms with Crippen molar-refractivity contribution in [2.45, 2.75) is 18.0 Å². The van der Waals surface area contributed by atoms with Crippen LogP contribution < -0.4 is 15.0 Å². The zero-order valence-corrected chi connectivity index (χ0v) is 19.9. The number of ether oxygens (including phenoxy) is 1. The average molecular weight is 468 g/mol. The highest BCUT2D eigenvalue weighted by Gasteiger charge is 2.21. The standard InChI is InChI=1S/C25H29N3O4S/c1-27(2)33(30,31)24-12-8-7-11-21(24)17-26-25(29)19-28(18-20-9-5-4-6-10-20)22-13-15-23(32-3)16-14-22/h4-16H,17-19H2,1-3H3,(H,26,29). The van der Waals surface area contributed by atoms with Crippen LogP contribution in [-0.2, 0) is 27.9 Å². The van der Waals surface area contributed by atoms with Gasteiger partial charge in [-0.1, -0.05) is 48.5 Å². The second kappa shape index (κ2) is 11.0. The Bertz CT molecular complexity index is 1160. The molecule has 3 rings (SSSR count). The van der Waals surface area contributed by atoms with Gasteiger partial charge in [-0.3, -0.25) is 4.79 Å². The first kappa shape index (κ1) is 24.3. The van der Waals surface area contributed by atoms with Crippen LogP contribution in [0.2, 0.25) is 0 Å². The van der Waals surface area contributed by atoms with Gasteiger partial charge < -0.3 is 15.0 Å². The van der Waals surface area contributed by atoms with Crippen molar-refractivity contribution in [3.8, 4) is 5.75 Å². The van der Waals surface area contributed by atoms with Crippen molar-refractivity contribution in [3.05, 3.63) is 90.0 Å². The number of benzene rings is 3. The molecule has 8 heteroatoms. The fourth-order valence-electron chi connectivity index (χ4n) is 3.36. The van der Waals surface area contributed by atoms with E-state index in [1.54, 1.807) is 31.4 Å². The SMILES string of the molecule is COc1ccc(N(CC(=O)NCc2ccccc2S(=O)(=O)N(C)C)Cc2ccccc2)cc1. The lowest BCUT2D eigenvalue weighted by Crippen LogP contribution is -2.37. The summed E-state index contributed by atoms with van der Waals surface area (Å²) in [4.78, 5) is 15.0. The lowest BCUT2D eigenvalue weighted by Gasteiger charge is -2.25. The molecule has 0 aliphatic heterocycles. The van der Waals surface area contributed by atoms with E-state index in [4.69, 9.17) is 4.74 Å². The molecule has 0 saturated carbocycles. The summed E-state index contributed by atoms with van der Waals surface area (Å²) >= 11 is 0. The molecule has 3 aromatic rings. The second-order valence-corrected chi connectivity index (χ2v) is 9.83. The number of hydrogen-bond donors (Lipinski definition) is 1. The second-order valence-electron chi connectivity index (χ2n) is 7.71. The smallest absolute Gasteiger partial charge is 0.242 e. The van der Waals surface area contributed by atoms with Crippen LogP contribution in [-0.4, -0.2) is 46.4 Å². The van der Waals surface area contributed by atoms with Gasteiger partial charge in [-0.2, -0.15) is 0 Å². The number of nitrogens with one attached hydrogen (secondary N) is 1. The van der Waals surface area contributed by atoms with Gasteiger partial charge in [0.15, 0.2) is 0 Å². The van der Waals surface area contributed by atoms with Crippen molar-refractivity contribution in [1.29, 1.82) is 0 Å². The fourth-order valence-corrected chi connectivity index (χ4v) is 4.47. The molecule has 3 aromatic carbocycles. The third-order valence-electron chi connectivity index (χ3n) is 5.20. The summed E-state index contributed by atoms with van der Waals surface area (Å²) in [5.74, 6) is 0.528. The monoisotopic (exact) mass is 467 g/mol. The number of sulfonamides is 1. The van der Waals surface area contributed by atoms with Gasteiger partial charge in [-0.05, 0) is 41.5 Å². The quantitative estimate of drug-likeness (QED) is 0.495. The van der Waals surface area contributed by atoms with Crippen LogP contribution in [0.4, 0.5) is 5.69 Å². The topological polar surface area (TPSA) is 79.0 Å². The third kappa shape index (κ3) is 6.34. The molecule has 33 heavy (non-hydrogen) atoms. The van der Waals surface area contributed by atoms with Crippen molar-refractivity contribution >= 4 is 21.6 Å². The minimum atomic E-state index is -3.61. The number of carbonyl (C=O) groups is 1. The molecule has 0 aliphatic rings. The Morgan fingerprint density at radius 1 is 0.909 bits per heavy atom. The van der Waals surface area contributed by atoms with Gasteiger partial charge in [-0.25, -0.2) is 12.7 Å². The Morgan fingerprint density at radius 3 is 2.18 bits per heavy atom. The van der Waals surface area contributed by atoms with Gasteiger partial charge >= 0.3 is 0 Å². The van der Waals surface area contributed by atoms with Crippen LogP contribution in [0.1, 0.15) is 11.1 Å². The maximum Gasteiger partial charge on any atom is 0.242 e. The molecule has 0 aromatic heterocycles. The zero-order chi connectivity index (χ0) is 23.8. The van der Waals surface area contributed by atoms with Crippen LogP contribution in [0.5, 0.6) is 5.75 Å². The summed E-state index contributed by atoms with van der Waals surface area (Å²) in [7, 11) is 0.975. The Kier molecular flexibility index (Phi) is 8.08. The van der Waals surface area contributed by atoms with E-state index in [1.807, 2.05) is 59.5 Å². The van der Waals surface area contributed by atoms with Gasteiger partial charge in [0.05, 0.1) is 18.6 Å². The van der Waals surface area contributed by atoms with E-state index in [2.05, 4.69) is 5.32 Å². The summed E-state index contributed by atoms with van der Waals surface area (Å²) in [5.41, 5.74) is 2.49. The van der Waals surface area contributed by atoms with Crippen molar-refractivity contribution < 1.29 is 17.9 Å². The fraction of sp³-hybridized carbons (Fsp3) is 0.240. The van der Waals surface area contributed by atoms with Crippen molar-refractivity contribution in [1.82, 2.24) is 9.62 Å². The van der Waals surface area contributed by atoms with Crippen LogP contribution in [0.3, 0.4) is 0 Å². The van der Waals surface area contributed by atoms with Gasteiger partial charge in [-0.15, -0.1) is 0 Å². The number of rotatable bonds is 10. The first-order valence-electron chi connectivity index (χ1n) is 10.5. The van der Waals surface area contributed by atoms with Crippen molar-refractivity contribution in [2.75, 3.05) is 32.6 Å². The van der Waals surface area contributed by atoms with E-state index in [9.17, 15) is 13.2 Å². The maximum atomic E-state index is 12.9. The number of hydrogen-bond acceptors (Lipinski definition) is 5. The molecule has 7 nitrogen and oxygen atoms in total. The molecule has 0 saturated heterocycles. The lowest BCUT2D eigenvalue weighted by molar-refractivity contribution is -0.120. The Labute approximate surface area is 195 Å². The normalized spacial score (nSPS) is 11.3. The average Bonchev–Trinajstić information content (AvgIpc) is 2.83. The van der Waals surface area contributed by atoms with E-state index >= 15 is 0 Å². The number of amides is 1. The predicted octanol–water partition coefficient (Wildman–Crippen LogP) is 3.27. The van der Waals surface area contributed by atoms with E-state index in [-0.39, 0.29) is 23.9 Å². The minimum absolute atomic E-state index is 0.115. The van der Waals surface area contributed by atoms with Gasteiger partial charge in [0.25, 0.3) is 0 Å². The predicted molar refractivity (Wildman–Crippen MR) is 130 cm³/mol. The van der Waals surface area contributed by atoms with Gasteiger partial charge in [0.1, 0.15) is 5.75 Å². The number of nitrogens with zero attached hydrogens (tertiary/aromatic N) is 2. The van der Waals surface area contributed by atoms with E-state index in [0.29, 0.717) is 12.1 Å². The number of methoxy groups -OCH3 is 1. The maximum absolute atomic E-state index is 12.9. The molecule has 0 atom stereocenters. The Balaban J connectivity index is 1.75. The van der Waals surface area contributed by atoms with Crippen LogP contribution >= 0.6 is 0 Å². The molecule has 0 heterocycles. The van der Waals surface area contributed by atoms with Crippen molar-refractivity contribution in [2.24, 2.45) is 0 Å². The Hall–Kier alpha value is -3.36. The van der Waals surface area contributed by atoms with Crippen molar-refractivity contribution in [3.63, 3.8) is 0 Å². The summed E-state index contributed by atoms with van der Waals surface area (Å²) in [5, 5.41) is 2.87. The molecular formula is C25H29N3O4S. The van der Waals surface area contributed by atoms with Crippen LogP contribution in [0.15, 0.2) is 83.8 Å². The molecule has 0 unspecified atom stereocenters. The summed E-state index contributed by atoms with van der Waals surface area (Å²) in [6, 6.07) is 24.1. The largest absolute Gasteiger partial charge is 0.497 e. The highest BCUT2D eigenvalue weighted by Crippen LogP contribution is 2.22. The molecule has 0 radical (unpaired) electrons.